The summed E-state index contributed by atoms with van der Waals surface area (Å²) in [6.07, 6.45) is 7.80. The molecule has 0 saturated heterocycles. The monoisotopic (exact) mass is 278 g/mol. The van der Waals surface area contributed by atoms with E-state index in [9.17, 15) is 4.79 Å². The second-order valence-electron chi connectivity index (χ2n) is 5.85. The molecule has 1 aliphatic rings. The van der Waals surface area contributed by atoms with Crippen LogP contribution >= 0.6 is 0 Å². The van der Waals surface area contributed by atoms with Gasteiger partial charge < -0.3 is 15.0 Å². The minimum Gasteiger partial charge on any atom is -0.382 e. The minimum absolute atomic E-state index is 0.0337. The Balaban J connectivity index is 1.89. The van der Waals surface area contributed by atoms with E-state index in [-0.39, 0.29) is 11.3 Å². The number of nitrogens with one attached hydrogen (secondary N) is 2. The Morgan fingerprint density at radius 2 is 2.20 bits per heavy atom. The molecule has 0 unspecified atom stereocenters. The Morgan fingerprint density at radius 3 is 2.80 bits per heavy atom. The van der Waals surface area contributed by atoms with Crippen LogP contribution in [-0.2, 0) is 4.74 Å². The van der Waals surface area contributed by atoms with Gasteiger partial charge in [0, 0.05) is 31.6 Å². The SMILES string of the molecule is CCOCCC1(CNC(=O)c2cc[nH]c2C)CCCC1. The van der Waals surface area contributed by atoms with Gasteiger partial charge in [0.25, 0.3) is 5.91 Å². The summed E-state index contributed by atoms with van der Waals surface area (Å²) in [5, 5.41) is 3.12. The molecule has 2 N–H and O–H groups in total. The Morgan fingerprint density at radius 1 is 1.45 bits per heavy atom. The van der Waals surface area contributed by atoms with Crippen molar-refractivity contribution in [1.29, 1.82) is 0 Å². The van der Waals surface area contributed by atoms with Gasteiger partial charge in [0.15, 0.2) is 0 Å². The normalized spacial score (nSPS) is 17.3. The molecule has 0 aliphatic heterocycles. The molecule has 1 aromatic rings. The van der Waals surface area contributed by atoms with Crippen LogP contribution in [-0.4, -0.2) is 30.6 Å². The van der Waals surface area contributed by atoms with Gasteiger partial charge in [-0.05, 0) is 44.6 Å². The number of hydrogen-bond acceptors (Lipinski definition) is 2. The second kappa shape index (κ2) is 6.93. The minimum atomic E-state index is 0.0337. The van der Waals surface area contributed by atoms with Crippen LogP contribution in [0.3, 0.4) is 0 Å². The van der Waals surface area contributed by atoms with Crippen molar-refractivity contribution >= 4 is 5.91 Å². The van der Waals surface area contributed by atoms with E-state index in [0.29, 0.717) is 0 Å². The quantitative estimate of drug-likeness (QED) is 0.753. The van der Waals surface area contributed by atoms with Gasteiger partial charge in [-0.25, -0.2) is 0 Å². The summed E-state index contributed by atoms with van der Waals surface area (Å²) in [6.45, 7) is 6.29. The van der Waals surface area contributed by atoms with Crippen molar-refractivity contribution in [2.75, 3.05) is 19.8 Å². The maximum absolute atomic E-state index is 12.2. The number of aryl methyl sites for hydroxylation is 1. The molecule has 0 spiro atoms. The Bertz CT molecular complexity index is 433. The lowest BCUT2D eigenvalue weighted by Crippen LogP contribution is -2.37. The van der Waals surface area contributed by atoms with Gasteiger partial charge in [-0.15, -0.1) is 0 Å². The molecule has 1 aromatic heterocycles. The first-order valence-corrected chi connectivity index (χ1v) is 7.67. The molecule has 1 fully saturated rings. The summed E-state index contributed by atoms with van der Waals surface area (Å²) < 4.78 is 5.50. The fraction of sp³-hybridized carbons (Fsp3) is 0.688. The number of rotatable bonds is 7. The summed E-state index contributed by atoms with van der Waals surface area (Å²) in [5.41, 5.74) is 1.93. The third-order valence-corrected chi connectivity index (χ3v) is 4.47. The van der Waals surface area contributed by atoms with Crippen LogP contribution in [0.15, 0.2) is 12.3 Å². The molecule has 0 bridgehead atoms. The molecule has 4 heteroatoms. The first-order chi connectivity index (χ1) is 9.67. The Hall–Kier alpha value is -1.29. The van der Waals surface area contributed by atoms with E-state index < -0.39 is 0 Å². The lowest BCUT2D eigenvalue weighted by molar-refractivity contribution is 0.0862. The number of H-pyrrole nitrogens is 1. The molecule has 1 heterocycles. The zero-order chi connectivity index (χ0) is 14.4. The Labute approximate surface area is 121 Å². The van der Waals surface area contributed by atoms with Crippen LogP contribution in [0.1, 0.15) is 55.1 Å². The highest BCUT2D eigenvalue weighted by molar-refractivity contribution is 5.95. The van der Waals surface area contributed by atoms with Crippen LogP contribution in [0.25, 0.3) is 0 Å². The Kier molecular flexibility index (Phi) is 5.24. The first kappa shape index (κ1) is 15.1. The molecule has 2 rings (SSSR count). The van der Waals surface area contributed by atoms with Crippen LogP contribution in [0, 0.1) is 12.3 Å². The average molecular weight is 278 g/mol. The van der Waals surface area contributed by atoms with Gasteiger partial charge in [0.2, 0.25) is 0 Å². The van der Waals surface area contributed by atoms with E-state index in [1.54, 1.807) is 0 Å². The lowest BCUT2D eigenvalue weighted by atomic mass is 9.83. The molecule has 1 amide bonds. The van der Waals surface area contributed by atoms with Crippen molar-refractivity contribution in [3.63, 3.8) is 0 Å². The van der Waals surface area contributed by atoms with Gasteiger partial charge in [-0.2, -0.15) is 0 Å². The van der Waals surface area contributed by atoms with Crippen molar-refractivity contribution in [2.24, 2.45) is 5.41 Å². The van der Waals surface area contributed by atoms with E-state index in [1.165, 1.54) is 25.7 Å². The van der Waals surface area contributed by atoms with Crippen molar-refractivity contribution in [3.8, 4) is 0 Å². The molecular weight excluding hydrogens is 252 g/mol. The number of carbonyl (C=O) groups is 1. The van der Waals surface area contributed by atoms with Gasteiger partial charge in [0.1, 0.15) is 0 Å². The van der Waals surface area contributed by atoms with Crippen LogP contribution < -0.4 is 5.32 Å². The zero-order valence-corrected chi connectivity index (χ0v) is 12.6. The predicted octanol–water partition coefficient (Wildman–Crippen LogP) is 3.04. The highest BCUT2D eigenvalue weighted by Crippen LogP contribution is 2.40. The fourth-order valence-electron chi connectivity index (χ4n) is 3.13. The number of amides is 1. The zero-order valence-electron chi connectivity index (χ0n) is 12.6. The molecule has 20 heavy (non-hydrogen) atoms. The molecular formula is C16H26N2O2. The van der Waals surface area contributed by atoms with Gasteiger partial charge in [-0.1, -0.05) is 12.8 Å². The molecule has 1 aliphatic carbocycles. The van der Waals surface area contributed by atoms with Crippen molar-refractivity contribution in [3.05, 3.63) is 23.5 Å². The highest BCUT2D eigenvalue weighted by atomic mass is 16.5. The van der Waals surface area contributed by atoms with Crippen LogP contribution in [0.4, 0.5) is 0 Å². The molecule has 0 aromatic carbocycles. The maximum atomic E-state index is 12.2. The van der Waals surface area contributed by atoms with Crippen molar-refractivity contribution < 1.29 is 9.53 Å². The fourth-order valence-corrected chi connectivity index (χ4v) is 3.13. The number of carbonyl (C=O) groups excluding carboxylic acids is 1. The summed E-state index contributed by atoms with van der Waals surface area (Å²) >= 11 is 0. The van der Waals surface area contributed by atoms with Gasteiger partial charge in [-0.3, -0.25) is 4.79 Å². The standard InChI is InChI=1S/C16H26N2O2/c1-3-20-11-9-16(7-4-5-8-16)12-18-15(19)14-6-10-17-13(14)2/h6,10,17H,3-5,7-9,11-12H2,1-2H3,(H,18,19). The largest absolute Gasteiger partial charge is 0.382 e. The summed E-state index contributed by atoms with van der Waals surface area (Å²) in [6, 6.07) is 1.84. The van der Waals surface area contributed by atoms with Crippen LogP contribution in [0.2, 0.25) is 0 Å². The third-order valence-electron chi connectivity index (χ3n) is 4.47. The number of aromatic nitrogens is 1. The molecule has 0 radical (unpaired) electrons. The summed E-state index contributed by atoms with van der Waals surface area (Å²) in [7, 11) is 0. The predicted molar refractivity (Wildman–Crippen MR) is 79.9 cm³/mol. The van der Waals surface area contributed by atoms with E-state index >= 15 is 0 Å². The summed E-state index contributed by atoms with van der Waals surface area (Å²) in [4.78, 5) is 15.2. The number of hydrogen-bond donors (Lipinski definition) is 2. The topological polar surface area (TPSA) is 54.1 Å². The molecule has 0 atom stereocenters. The smallest absolute Gasteiger partial charge is 0.253 e. The second-order valence-corrected chi connectivity index (χ2v) is 5.85. The van der Waals surface area contributed by atoms with Crippen molar-refractivity contribution in [1.82, 2.24) is 10.3 Å². The molecule has 112 valence electrons. The van der Waals surface area contributed by atoms with Crippen molar-refractivity contribution in [2.45, 2.75) is 46.0 Å². The lowest BCUT2D eigenvalue weighted by Gasteiger charge is -2.29. The number of ether oxygens (including phenoxy) is 1. The molecule has 1 saturated carbocycles. The van der Waals surface area contributed by atoms with Gasteiger partial charge in [0.05, 0.1) is 5.56 Å². The van der Waals surface area contributed by atoms with Crippen LogP contribution in [0.5, 0.6) is 0 Å². The highest BCUT2D eigenvalue weighted by Gasteiger charge is 2.33. The van der Waals surface area contributed by atoms with E-state index in [1.807, 2.05) is 26.1 Å². The molecule has 4 nitrogen and oxygen atoms in total. The van der Waals surface area contributed by atoms with E-state index in [2.05, 4.69) is 10.3 Å². The maximum Gasteiger partial charge on any atom is 0.253 e. The third kappa shape index (κ3) is 3.63. The first-order valence-electron chi connectivity index (χ1n) is 7.67. The van der Waals surface area contributed by atoms with E-state index in [4.69, 9.17) is 4.74 Å². The number of aromatic amines is 1. The van der Waals surface area contributed by atoms with E-state index in [0.717, 1.165) is 37.4 Å². The summed E-state index contributed by atoms with van der Waals surface area (Å²) in [5.74, 6) is 0.0337. The average Bonchev–Trinajstić information content (AvgIpc) is 3.06. The van der Waals surface area contributed by atoms with Gasteiger partial charge >= 0.3 is 0 Å².